The fourth-order valence-corrected chi connectivity index (χ4v) is 2.58. The smallest absolute Gasteiger partial charge is 0.328 e. The average molecular weight is 410 g/mol. The summed E-state index contributed by atoms with van der Waals surface area (Å²) in [7, 11) is 1.47. The number of aromatic hydroxyl groups is 1. The first-order valence-corrected chi connectivity index (χ1v) is 9.56. The van der Waals surface area contributed by atoms with E-state index in [0.717, 1.165) is 5.56 Å². The third-order valence-corrected chi connectivity index (χ3v) is 4.13. The van der Waals surface area contributed by atoms with Crippen LogP contribution >= 0.6 is 0 Å². The van der Waals surface area contributed by atoms with E-state index in [0.29, 0.717) is 31.6 Å². The van der Waals surface area contributed by atoms with Crippen LogP contribution in [0.1, 0.15) is 38.7 Å². The number of methoxy groups -OCH3 is 1. The lowest BCUT2D eigenvalue weighted by atomic mass is 10.1. The summed E-state index contributed by atoms with van der Waals surface area (Å²) in [6.45, 7) is 4.00. The number of carbonyl (C=O) groups excluding carboxylic acids is 2. The molecule has 0 aromatic heterocycles. The van der Waals surface area contributed by atoms with Gasteiger partial charge in [0, 0.05) is 0 Å². The molecule has 29 heavy (non-hydrogen) atoms. The van der Waals surface area contributed by atoms with Gasteiger partial charge in [-0.1, -0.05) is 13.0 Å². The van der Waals surface area contributed by atoms with Gasteiger partial charge < -0.3 is 30.3 Å². The van der Waals surface area contributed by atoms with Gasteiger partial charge in [-0.15, -0.1) is 0 Å². The molecule has 162 valence electrons. The number of carboxylic acids is 1. The minimum atomic E-state index is -1.12. The summed E-state index contributed by atoms with van der Waals surface area (Å²) in [5, 5.41) is 24.1. The van der Waals surface area contributed by atoms with Crippen molar-refractivity contribution in [3.8, 4) is 11.5 Å². The largest absolute Gasteiger partial charge is 0.504 e. The molecule has 0 radical (unpaired) electrons. The van der Waals surface area contributed by atoms with E-state index in [1.54, 1.807) is 18.2 Å². The highest BCUT2D eigenvalue weighted by Crippen LogP contribution is 2.26. The van der Waals surface area contributed by atoms with Crippen LogP contribution in [0.2, 0.25) is 0 Å². The molecule has 2 atom stereocenters. The Labute approximate surface area is 170 Å². The van der Waals surface area contributed by atoms with Gasteiger partial charge in [0.25, 0.3) is 0 Å². The first-order chi connectivity index (χ1) is 13.8. The Morgan fingerprint density at radius 1 is 1.24 bits per heavy atom. The van der Waals surface area contributed by atoms with E-state index in [-0.39, 0.29) is 12.4 Å². The lowest BCUT2D eigenvalue weighted by Crippen LogP contribution is -2.50. The summed E-state index contributed by atoms with van der Waals surface area (Å²) >= 11 is 0. The van der Waals surface area contributed by atoms with Gasteiger partial charge >= 0.3 is 11.9 Å². The summed E-state index contributed by atoms with van der Waals surface area (Å²) in [5.74, 6) is -1.82. The quantitative estimate of drug-likeness (QED) is 0.282. The van der Waals surface area contributed by atoms with Crippen LogP contribution < -0.4 is 15.4 Å². The molecule has 1 amide bonds. The molecule has 0 spiro atoms. The number of carbonyl (C=O) groups is 3. The number of aliphatic carboxylic acids is 1. The van der Waals surface area contributed by atoms with Crippen LogP contribution in [-0.4, -0.2) is 60.4 Å². The molecule has 9 heteroatoms. The highest BCUT2D eigenvalue weighted by Gasteiger charge is 2.25. The van der Waals surface area contributed by atoms with Crippen molar-refractivity contribution in [3.05, 3.63) is 23.8 Å². The number of phenols is 1. The molecule has 0 heterocycles. The van der Waals surface area contributed by atoms with Crippen molar-refractivity contribution in [2.24, 2.45) is 0 Å². The number of rotatable bonds is 13. The molecule has 1 aromatic rings. The van der Waals surface area contributed by atoms with Crippen molar-refractivity contribution >= 4 is 17.8 Å². The Kier molecular flexibility index (Phi) is 10.5. The van der Waals surface area contributed by atoms with E-state index in [2.05, 4.69) is 10.6 Å². The number of nitrogens with one attached hydrogen (secondary N) is 2. The zero-order chi connectivity index (χ0) is 21.8. The maximum atomic E-state index is 12.4. The average Bonchev–Trinajstić information content (AvgIpc) is 2.68. The van der Waals surface area contributed by atoms with Crippen LogP contribution in [-0.2, 0) is 25.5 Å². The van der Waals surface area contributed by atoms with Gasteiger partial charge in [-0.05, 0) is 50.4 Å². The van der Waals surface area contributed by atoms with E-state index < -0.39 is 36.4 Å². The summed E-state index contributed by atoms with van der Waals surface area (Å²) in [6.07, 6.45) is 1.54. The minimum Gasteiger partial charge on any atom is -0.504 e. The lowest BCUT2D eigenvalue weighted by molar-refractivity contribution is -0.147. The van der Waals surface area contributed by atoms with Crippen LogP contribution in [0.5, 0.6) is 11.5 Å². The monoisotopic (exact) mass is 410 g/mol. The van der Waals surface area contributed by atoms with Gasteiger partial charge in [0.2, 0.25) is 5.91 Å². The molecule has 0 aliphatic carbocycles. The van der Waals surface area contributed by atoms with E-state index in [9.17, 15) is 19.5 Å². The second kappa shape index (κ2) is 12.6. The van der Waals surface area contributed by atoms with Crippen LogP contribution in [0, 0.1) is 0 Å². The molecular formula is C20H30N2O7. The predicted octanol–water partition coefficient (Wildman–Crippen LogP) is 1.22. The van der Waals surface area contributed by atoms with Crippen LogP contribution in [0.15, 0.2) is 18.2 Å². The number of hydrogen-bond acceptors (Lipinski definition) is 7. The third kappa shape index (κ3) is 8.82. The van der Waals surface area contributed by atoms with Gasteiger partial charge in [0.15, 0.2) is 11.5 Å². The first-order valence-electron chi connectivity index (χ1n) is 9.56. The van der Waals surface area contributed by atoms with Crippen molar-refractivity contribution in [1.82, 2.24) is 10.6 Å². The topological polar surface area (TPSA) is 134 Å². The van der Waals surface area contributed by atoms with E-state index >= 15 is 0 Å². The maximum absolute atomic E-state index is 12.4. The molecule has 0 unspecified atom stereocenters. The van der Waals surface area contributed by atoms with Crippen LogP contribution in [0.25, 0.3) is 0 Å². The predicted molar refractivity (Wildman–Crippen MR) is 106 cm³/mol. The Morgan fingerprint density at radius 2 is 1.97 bits per heavy atom. The standard InChI is InChI=1S/C20H30N2O7/c1-4-10-29-20(27)13(2)22-19(26)15(12-18(24)25)21-9-5-6-14-7-8-16(23)17(11-14)28-3/h7-8,11,13,15,21,23H,4-6,9-10,12H2,1-3H3,(H,22,26)(H,24,25)/t13-,15-/m1/s1. The van der Waals surface area contributed by atoms with Crippen molar-refractivity contribution in [2.75, 3.05) is 20.3 Å². The van der Waals surface area contributed by atoms with Crippen molar-refractivity contribution in [3.63, 3.8) is 0 Å². The van der Waals surface area contributed by atoms with Gasteiger partial charge in [-0.3, -0.25) is 9.59 Å². The molecule has 0 bridgehead atoms. The van der Waals surface area contributed by atoms with Gasteiger partial charge in [0.05, 0.1) is 26.2 Å². The molecule has 0 saturated heterocycles. The molecule has 1 rings (SSSR count). The normalized spacial score (nSPS) is 12.7. The second-order valence-electron chi connectivity index (χ2n) is 6.61. The molecule has 9 nitrogen and oxygen atoms in total. The van der Waals surface area contributed by atoms with E-state index in [4.69, 9.17) is 14.6 Å². The Bertz CT molecular complexity index is 693. The number of hydrogen-bond donors (Lipinski definition) is 4. The number of carboxylic acid groups (broad SMARTS) is 1. The highest BCUT2D eigenvalue weighted by atomic mass is 16.5. The van der Waals surface area contributed by atoms with E-state index in [1.165, 1.54) is 14.0 Å². The molecule has 0 aliphatic rings. The number of esters is 1. The molecule has 1 aromatic carbocycles. The summed E-state index contributed by atoms with van der Waals surface area (Å²) < 4.78 is 10.0. The fourth-order valence-electron chi connectivity index (χ4n) is 2.58. The Balaban J connectivity index is 2.55. The van der Waals surface area contributed by atoms with Gasteiger partial charge in [-0.2, -0.15) is 0 Å². The zero-order valence-corrected chi connectivity index (χ0v) is 17.1. The zero-order valence-electron chi connectivity index (χ0n) is 17.1. The van der Waals surface area contributed by atoms with Crippen molar-refractivity contribution < 1.29 is 34.1 Å². The number of ether oxygens (including phenoxy) is 2. The molecule has 0 aliphatic heterocycles. The minimum absolute atomic E-state index is 0.0548. The highest BCUT2D eigenvalue weighted by molar-refractivity contribution is 5.89. The molecule has 4 N–H and O–H groups in total. The van der Waals surface area contributed by atoms with E-state index in [1.807, 2.05) is 6.92 Å². The fraction of sp³-hybridized carbons (Fsp3) is 0.550. The lowest BCUT2D eigenvalue weighted by Gasteiger charge is -2.19. The summed E-state index contributed by atoms with van der Waals surface area (Å²) in [4.78, 5) is 35.2. The Morgan fingerprint density at radius 3 is 2.59 bits per heavy atom. The van der Waals surface area contributed by atoms with Crippen LogP contribution in [0.4, 0.5) is 0 Å². The summed E-state index contributed by atoms with van der Waals surface area (Å²) in [5.41, 5.74) is 0.938. The van der Waals surface area contributed by atoms with Gasteiger partial charge in [-0.25, -0.2) is 4.79 Å². The molecule has 0 saturated carbocycles. The van der Waals surface area contributed by atoms with Gasteiger partial charge in [0.1, 0.15) is 6.04 Å². The third-order valence-electron chi connectivity index (χ3n) is 4.13. The summed E-state index contributed by atoms with van der Waals surface area (Å²) in [6, 6.07) is 3.20. The Hall–Kier alpha value is -2.81. The van der Waals surface area contributed by atoms with Crippen molar-refractivity contribution in [1.29, 1.82) is 0 Å². The number of amides is 1. The first kappa shape index (κ1) is 24.2. The van der Waals surface area contributed by atoms with Crippen molar-refractivity contribution in [2.45, 2.75) is 51.6 Å². The molecule has 0 fully saturated rings. The van der Waals surface area contributed by atoms with Crippen LogP contribution in [0.3, 0.4) is 0 Å². The second-order valence-corrected chi connectivity index (χ2v) is 6.61. The maximum Gasteiger partial charge on any atom is 0.328 e. The number of benzene rings is 1. The number of phenolic OH excluding ortho intramolecular Hbond substituents is 1. The number of aryl methyl sites for hydroxylation is 1. The SMILES string of the molecule is CCCOC(=O)[C@@H](C)NC(=O)[C@@H](CC(=O)O)NCCCc1ccc(O)c(OC)c1. The molecular weight excluding hydrogens is 380 g/mol.